The fourth-order valence-electron chi connectivity index (χ4n) is 1.97. The molecule has 5 nitrogen and oxygen atoms in total. The number of nitrogen functional groups attached to an aromatic ring is 1. The van der Waals surface area contributed by atoms with Crippen molar-refractivity contribution in [2.45, 2.75) is 4.90 Å². The Morgan fingerprint density at radius 3 is 2.32 bits per heavy atom. The van der Waals surface area contributed by atoms with Crippen LogP contribution in [0.3, 0.4) is 0 Å². The van der Waals surface area contributed by atoms with Crippen LogP contribution in [-0.4, -0.2) is 30.3 Å². The zero-order valence-corrected chi connectivity index (χ0v) is 12.2. The molecule has 2 N–H and O–H groups in total. The Balaban J connectivity index is 2.67. The third-order valence-electron chi connectivity index (χ3n) is 2.98. The van der Waals surface area contributed by atoms with Crippen molar-refractivity contribution >= 4 is 17.6 Å². The topological polar surface area (TPSA) is 62.3 Å². The number of rotatable bonds is 4. The van der Waals surface area contributed by atoms with Gasteiger partial charge in [0, 0.05) is 18.2 Å². The van der Waals surface area contributed by atoms with Crippen LogP contribution in [0.15, 0.2) is 23.2 Å². The second kappa shape index (κ2) is 5.44. The molecule has 0 saturated heterocycles. The molecule has 102 valence electrons. The molecule has 0 saturated carbocycles. The zero-order chi connectivity index (χ0) is 14.0. The number of nitrogens with zero attached hydrogens (tertiary/aromatic N) is 2. The first-order chi connectivity index (χ1) is 9.13. The van der Waals surface area contributed by atoms with Crippen molar-refractivity contribution in [2.75, 3.05) is 26.2 Å². The Labute approximate surface area is 116 Å². The monoisotopic (exact) mass is 279 g/mol. The van der Waals surface area contributed by atoms with E-state index in [-0.39, 0.29) is 0 Å². The van der Waals surface area contributed by atoms with Gasteiger partial charge in [-0.3, -0.25) is 4.68 Å². The van der Waals surface area contributed by atoms with E-state index in [4.69, 9.17) is 15.2 Å². The highest BCUT2D eigenvalue weighted by Crippen LogP contribution is 2.44. The summed E-state index contributed by atoms with van der Waals surface area (Å²) in [5.41, 5.74) is 7.73. The van der Waals surface area contributed by atoms with Crippen LogP contribution in [0.4, 0.5) is 5.82 Å². The highest BCUT2D eigenvalue weighted by Gasteiger charge is 2.19. The number of aryl methyl sites for hydroxylation is 1. The summed E-state index contributed by atoms with van der Waals surface area (Å²) in [6, 6.07) is 3.97. The Kier molecular flexibility index (Phi) is 3.90. The summed E-state index contributed by atoms with van der Waals surface area (Å²) in [4.78, 5) is 1.02. The molecule has 2 aromatic rings. The molecule has 19 heavy (non-hydrogen) atoms. The number of anilines is 1. The van der Waals surface area contributed by atoms with E-state index < -0.39 is 0 Å². The van der Waals surface area contributed by atoms with E-state index in [1.165, 1.54) is 0 Å². The van der Waals surface area contributed by atoms with Gasteiger partial charge in [-0.25, -0.2) is 0 Å². The molecular formula is C13H17N3O2S. The molecule has 0 aliphatic carbocycles. The van der Waals surface area contributed by atoms with Crippen molar-refractivity contribution < 1.29 is 9.47 Å². The summed E-state index contributed by atoms with van der Waals surface area (Å²) in [6.45, 7) is 0. The van der Waals surface area contributed by atoms with E-state index in [1.807, 2.05) is 18.4 Å². The minimum Gasteiger partial charge on any atom is -0.492 e. The number of nitrogens with two attached hydrogens (primary N) is 1. The highest BCUT2D eigenvalue weighted by molar-refractivity contribution is 7.98. The van der Waals surface area contributed by atoms with Crippen LogP contribution < -0.4 is 15.2 Å². The molecule has 1 aromatic carbocycles. The molecule has 0 bridgehead atoms. The first-order valence-electron chi connectivity index (χ1n) is 5.70. The second-order valence-corrected chi connectivity index (χ2v) is 4.80. The largest absolute Gasteiger partial charge is 0.492 e. The van der Waals surface area contributed by atoms with Crippen molar-refractivity contribution in [1.82, 2.24) is 9.78 Å². The van der Waals surface area contributed by atoms with Crippen molar-refractivity contribution in [2.24, 2.45) is 7.05 Å². The maximum absolute atomic E-state index is 6.02. The minimum atomic E-state index is 0.595. The van der Waals surface area contributed by atoms with E-state index in [1.54, 1.807) is 43.9 Å². The number of aromatic nitrogens is 2. The van der Waals surface area contributed by atoms with Crippen molar-refractivity contribution in [3.05, 3.63) is 18.3 Å². The third-order valence-corrected chi connectivity index (χ3v) is 3.74. The summed E-state index contributed by atoms with van der Waals surface area (Å²) < 4.78 is 12.6. The quantitative estimate of drug-likeness (QED) is 0.871. The maximum atomic E-state index is 6.02. The standard InChI is InChI=1S/C13H17N3O2S/c1-16-13(14)9(7-15-16)8-5-6-10(19-4)12(18-3)11(8)17-2/h5-7H,14H2,1-4H3. The van der Waals surface area contributed by atoms with Crippen molar-refractivity contribution in [3.8, 4) is 22.6 Å². The summed E-state index contributed by atoms with van der Waals surface area (Å²) in [7, 11) is 5.06. The second-order valence-electron chi connectivity index (χ2n) is 3.95. The average Bonchev–Trinajstić information content (AvgIpc) is 2.77. The Morgan fingerprint density at radius 2 is 1.84 bits per heavy atom. The molecule has 0 atom stereocenters. The van der Waals surface area contributed by atoms with Gasteiger partial charge in [0.05, 0.1) is 25.3 Å². The van der Waals surface area contributed by atoms with E-state index in [0.717, 1.165) is 21.8 Å². The molecule has 6 heteroatoms. The highest BCUT2D eigenvalue weighted by atomic mass is 32.2. The van der Waals surface area contributed by atoms with Gasteiger partial charge >= 0.3 is 0 Å². The van der Waals surface area contributed by atoms with Crippen LogP contribution in [0.1, 0.15) is 0 Å². The fraction of sp³-hybridized carbons (Fsp3) is 0.308. The van der Waals surface area contributed by atoms with Gasteiger partial charge in [0.25, 0.3) is 0 Å². The number of benzene rings is 1. The van der Waals surface area contributed by atoms with Crippen LogP contribution in [0.25, 0.3) is 11.1 Å². The smallest absolute Gasteiger partial charge is 0.174 e. The van der Waals surface area contributed by atoms with Crippen LogP contribution >= 0.6 is 11.8 Å². The van der Waals surface area contributed by atoms with Gasteiger partial charge in [-0.05, 0) is 18.4 Å². The lowest BCUT2D eigenvalue weighted by Gasteiger charge is -2.15. The summed E-state index contributed by atoms with van der Waals surface area (Å²) >= 11 is 1.61. The molecule has 1 aromatic heterocycles. The van der Waals surface area contributed by atoms with E-state index in [9.17, 15) is 0 Å². The van der Waals surface area contributed by atoms with Crippen LogP contribution in [0.5, 0.6) is 11.5 Å². The lowest BCUT2D eigenvalue weighted by atomic mass is 10.1. The minimum absolute atomic E-state index is 0.595. The van der Waals surface area contributed by atoms with Crippen LogP contribution in [0, 0.1) is 0 Å². The first-order valence-corrected chi connectivity index (χ1v) is 6.93. The molecule has 1 heterocycles. The van der Waals surface area contributed by atoms with Gasteiger partial charge in [0.15, 0.2) is 11.5 Å². The summed E-state index contributed by atoms with van der Waals surface area (Å²) in [5, 5.41) is 4.16. The molecule has 0 spiro atoms. The van der Waals surface area contributed by atoms with Crippen LogP contribution in [0.2, 0.25) is 0 Å². The molecule has 0 radical (unpaired) electrons. The van der Waals surface area contributed by atoms with E-state index >= 15 is 0 Å². The predicted molar refractivity (Wildman–Crippen MR) is 77.9 cm³/mol. The molecule has 2 rings (SSSR count). The van der Waals surface area contributed by atoms with Gasteiger partial charge in [-0.1, -0.05) is 0 Å². The third kappa shape index (κ3) is 2.23. The van der Waals surface area contributed by atoms with E-state index in [2.05, 4.69) is 5.10 Å². The van der Waals surface area contributed by atoms with Gasteiger partial charge in [0.1, 0.15) is 5.82 Å². The Hall–Kier alpha value is -1.82. The lowest BCUT2D eigenvalue weighted by molar-refractivity contribution is 0.349. The average molecular weight is 279 g/mol. The number of ether oxygens (including phenoxy) is 2. The molecule has 0 aliphatic rings. The molecule has 0 amide bonds. The number of hydrogen-bond donors (Lipinski definition) is 1. The predicted octanol–water partition coefficient (Wildman–Crippen LogP) is 2.41. The fourth-order valence-corrected chi connectivity index (χ4v) is 2.53. The maximum Gasteiger partial charge on any atom is 0.174 e. The lowest BCUT2D eigenvalue weighted by Crippen LogP contribution is -1.99. The van der Waals surface area contributed by atoms with Gasteiger partial charge in [0.2, 0.25) is 0 Å². The molecule has 0 unspecified atom stereocenters. The van der Waals surface area contributed by atoms with Gasteiger partial charge in [-0.15, -0.1) is 11.8 Å². The number of thioether (sulfide) groups is 1. The van der Waals surface area contributed by atoms with Crippen LogP contribution in [-0.2, 0) is 7.05 Å². The van der Waals surface area contributed by atoms with Gasteiger partial charge < -0.3 is 15.2 Å². The first kappa shape index (κ1) is 13.6. The zero-order valence-electron chi connectivity index (χ0n) is 11.4. The molecule has 0 aliphatic heterocycles. The molecular weight excluding hydrogens is 262 g/mol. The normalized spacial score (nSPS) is 10.5. The Morgan fingerprint density at radius 1 is 1.16 bits per heavy atom. The summed E-state index contributed by atoms with van der Waals surface area (Å²) in [5.74, 6) is 1.99. The number of hydrogen-bond acceptors (Lipinski definition) is 5. The van der Waals surface area contributed by atoms with Gasteiger partial charge in [-0.2, -0.15) is 5.10 Å². The summed E-state index contributed by atoms with van der Waals surface area (Å²) in [6.07, 6.45) is 3.72. The number of methoxy groups -OCH3 is 2. The van der Waals surface area contributed by atoms with E-state index in [0.29, 0.717) is 11.6 Å². The SMILES string of the molecule is COc1c(SC)ccc(-c2cnn(C)c2N)c1OC. The van der Waals surface area contributed by atoms with Crippen molar-refractivity contribution in [3.63, 3.8) is 0 Å². The molecule has 0 fully saturated rings. The Bertz CT molecular complexity index is 596. The van der Waals surface area contributed by atoms with Crippen molar-refractivity contribution in [1.29, 1.82) is 0 Å².